The van der Waals surface area contributed by atoms with Crippen molar-refractivity contribution in [3.63, 3.8) is 0 Å². The van der Waals surface area contributed by atoms with Gasteiger partial charge in [-0.3, -0.25) is 0 Å². The summed E-state index contributed by atoms with van der Waals surface area (Å²) in [5, 5.41) is 9.89. The number of aryl methyl sites for hydroxylation is 1. The van der Waals surface area contributed by atoms with Gasteiger partial charge in [0.1, 0.15) is 11.2 Å². The van der Waals surface area contributed by atoms with Crippen molar-refractivity contribution in [3.05, 3.63) is 200 Å². The second-order valence-electron chi connectivity index (χ2n) is 16.8. The fourth-order valence-corrected chi connectivity index (χ4v) is 11.1. The van der Waals surface area contributed by atoms with Gasteiger partial charge in [-0.05, 0) is 115 Å². The molecule has 4 heteroatoms. The van der Waals surface area contributed by atoms with Crippen LogP contribution >= 0.6 is 0 Å². The lowest BCUT2D eigenvalue weighted by atomic mass is 9.44. The number of benzene rings is 10. The van der Waals surface area contributed by atoms with Crippen LogP contribution in [0.3, 0.4) is 0 Å². The Morgan fingerprint density at radius 2 is 1.13 bits per heavy atom. The SMILES string of the molecule is Cc1c2c(cc3cc4ccccc4cc13)B1c3c(cc4oc5ccccc5c4c3-c3cccc4c5ccccc5n1c34)N2c1cc(-c2ccccc2)cc(-c2ccccc2)c1. The summed E-state index contributed by atoms with van der Waals surface area (Å²) in [7, 11) is 0. The van der Waals surface area contributed by atoms with E-state index in [1.165, 1.54) is 104 Å². The molecule has 14 rings (SSSR count). The number of aromatic nitrogens is 1. The van der Waals surface area contributed by atoms with Crippen molar-refractivity contribution in [2.24, 2.45) is 0 Å². The molecule has 0 radical (unpaired) electrons. The van der Waals surface area contributed by atoms with Gasteiger partial charge in [-0.15, -0.1) is 0 Å². The average molecular weight is 775 g/mol. The van der Waals surface area contributed by atoms with Gasteiger partial charge in [-0.1, -0.05) is 146 Å². The van der Waals surface area contributed by atoms with Crippen LogP contribution in [0.1, 0.15) is 5.56 Å². The highest BCUT2D eigenvalue weighted by Crippen LogP contribution is 2.51. The van der Waals surface area contributed by atoms with Crippen LogP contribution in [-0.2, 0) is 0 Å². The summed E-state index contributed by atoms with van der Waals surface area (Å²) < 4.78 is 9.60. The van der Waals surface area contributed by atoms with Crippen molar-refractivity contribution >= 4 is 100 Å². The van der Waals surface area contributed by atoms with E-state index in [4.69, 9.17) is 4.42 Å². The van der Waals surface area contributed by atoms with E-state index in [2.05, 4.69) is 210 Å². The second-order valence-corrected chi connectivity index (χ2v) is 16.8. The highest BCUT2D eigenvalue weighted by molar-refractivity contribution is 6.90. The first-order valence-corrected chi connectivity index (χ1v) is 21.2. The molecule has 2 aliphatic heterocycles. The minimum Gasteiger partial charge on any atom is -0.456 e. The second kappa shape index (κ2) is 12.1. The number of hydrogen-bond donors (Lipinski definition) is 0. The topological polar surface area (TPSA) is 21.3 Å². The van der Waals surface area contributed by atoms with Crippen LogP contribution in [0, 0.1) is 6.92 Å². The lowest BCUT2D eigenvalue weighted by molar-refractivity contribution is 0.669. The number of anilines is 3. The molecule has 0 N–H and O–H groups in total. The number of nitrogens with zero attached hydrogens (tertiary/aromatic N) is 2. The zero-order chi connectivity index (χ0) is 39.9. The molecule has 2 aromatic heterocycles. The van der Waals surface area contributed by atoms with Crippen LogP contribution in [0.2, 0.25) is 0 Å². The largest absolute Gasteiger partial charge is 0.456 e. The van der Waals surface area contributed by atoms with E-state index in [-0.39, 0.29) is 6.85 Å². The molecule has 0 atom stereocenters. The van der Waals surface area contributed by atoms with Crippen molar-refractivity contribution in [2.75, 3.05) is 4.90 Å². The maximum absolute atomic E-state index is 6.94. The number of hydrogen-bond acceptors (Lipinski definition) is 2. The van der Waals surface area contributed by atoms with E-state index < -0.39 is 0 Å². The van der Waals surface area contributed by atoms with Crippen LogP contribution in [0.15, 0.2) is 199 Å². The molecule has 0 bridgehead atoms. The molecule has 0 saturated heterocycles. The highest BCUT2D eigenvalue weighted by atomic mass is 16.3. The van der Waals surface area contributed by atoms with Crippen molar-refractivity contribution in [3.8, 4) is 33.4 Å². The Hall–Kier alpha value is -7.82. The fourth-order valence-electron chi connectivity index (χ4n) is 11.1. The quantitative estimate of drug-likeness (QED) is 0.132. The molecular formula is C57H35BN2O. The Labute approximate surface area is 352 Å². The first kappa shape index (κ1) is 33.1. The Balaban J connectivity index is 1.20. The Bertz CT molecular complexity index is 3790. The first-order valence-electron chi connectivity index (χ1n) is 21.2. The molecule has 2 aliphatic rings. The van der Waals surface area contributed by atoms with E-state index in [0.29, 0.717) is 0 Å². The monoisotopic (exact) mass is 774 g/mol. The van der Waals surface area contributed by atoms with Crippen LogP contribution < -0.4 is 15.8 Å². The van der Waals surface area contributed by atoms with Gasteiger partial charge in [0.15, 0.2) is 0 Å². The van der Waals surface area contributed by atoms with E-state index in [1.54, 1.807) is 0 Å². The Kier molecular flexibility index (Phi) is 6.57. The number of para-hydroxylation sites is 3. The molecule has 61 heavy (non-hydrogen) atoms. The zero-order valence-electron chi connectivity index (χ0n) is 33.4. The van der Waals surface area contributed by atoms with Gasteiger partial charge in [0, 0.05) is 61.3 Å². The molecule has 0 fully saturated rings. The lowest BCUT2D eigenvalue weighted by Gasteiger charge is -2.42. The molecule has 0 spiro atoms. The predicted octanol–water partition coefficient (Wildman–Crippen LogP) is 14.1. The van der Waals surface area contributed by atoms with Crippen molar-refractivity contribution in [1.29, 1.82) is 0 Å². The van der Waals surface area contributed by atoms with Crippen LogP contribution in [0.25, 0.3) is 98.7 Å². The number of rotatable bonds is 3. The molecule has 3 nitrogen and oxygen atoms in total. The summed E-state index contributed by atoms with van der Waals surface area (Å²) in [5.41, 5.74) is 18.9. The van der Waals surface area contributed by atoms with Gasteiger partial charge in [-0.25, -0.2) is 0 Å². The van der Waals surface area contributed by atoms with E-state index in [9.17, 15) is 0 Å². The Morgan fingerprint density at radius 3 is 1.90 bits per heavy atom. The van der Waals surface area contributed by atoms with Gasteiger partial charge < -0.3 is 13.8 Å². The van der Waals surface area contributed by atoms with Gasteiger partial charge in [0.2, 0.25) is 0 Å². The van der Waals surface area contributed by atoms with Gasteiger partial charge in [0.05, 0.1) is 0 Å². The Morgan fingerprint density at radius 1 is 0.475 bits per heavy atom. The highest BCUT2D eigenvalue weighted by Gasteiger charge is 2.45. The van der Waals surface area contributed by atoms with Gasteiger partial charge in [0.25, 0.3) is 0 Å². The van der Waals surface area contributed by atoms with Crippen molar-refractivity contribution in [1.82, 2.24) is 4.48 Å². The van der Waals surface area contributed by atoms with Gasteiger partial charge >= 0.3 is 6.85 Å². The number of fused-ring (bicyclic) bond motifs is 13. The van der Waals surface area contributed by atoms with Crippen molar-refractivity contribution < 1.29 is 4.42 Å². The summed E-state index contributed by atoms with van der Waals surface area (Å²) in [6.07, 6.45) is 0. The molecule has 0 saturated carbocycles. The van der Waals surface area contributed by atoms with Crippen molar-refractivity contribution in [2.45, 2.75) is 6.92 Å². The van der Waals surface area contributed by atoms with E-state index in [1.807, 2.05) is 0 Å². The smallest absolute Gasteiger partial charge is 0.333 e. The molecule has 0 aliphatic carbocycles. The van der Waals surface area contributed by atoms with Crippen LogP contribution in [0.4, 0.5) is 17.1 Å². The summed E-state index contributed by atoms with van der Waals surface area (Å²) in [6.45, 7) is 2.24. The standard InChI is InChI=1S/C57H35BN2O/c1-34-47-31-38-20-9-8-19-37(38)27-41(47)32-48-56(34)59(42-29-39(35-15-4-2-5-16-35)28-40(30-42)36-17-6-3-7-18-36)50-33-52-53(45-22-11-13-26-51(45)61-52)54-46-24-14-23-44-43-21-10-12-25-49(43)60(57(44)46)58(48)55(50)54/h2-33H,1H3. The molecule has 4 heterocycles. The third-order valence-corrected chi connectivity index (χ3v) is 13.6. The minimum atomic E-state index is -0.105. The van der Waals surface area contributed by atoms with Gasteiger partial charge in [-0.2, -0.15) is 0 Å². The summed E-state index contributed by atoms with van der Waals surface area (Å²) in [5.74, 6) is 0. The third-order valence-electron chi connectivity index (χ3n) is 13.6. The van der Waals surface area contributed by atoms with E-state index in [0.717, 1.165) is 27.9 Å². The maximum Gasteiger partial charge on any atom is 0.333 e. The average Bonchev–Trinajstić information content (AvgIpc) is 3.86. The summed E-state index contributed by atoms with van der Waals surface area (Å²) in [4.78, 5) is 2.58. The molecule has 0 amide bonds. The molecule has 0 unspecified atom stereocenters. The van der Waals surface area contributed by atoms with Crippen LogP contribution in [-0.4, -0.2) is 11.3 Å². The molecule has 10 aromatic carbocycles. The maximum atomic E-state index is 6.94. The minimum absolute atomic E-state index is 0.105. The molecule has 282 valence electrons. The van der Waals surface area contributed by atoms with Crippen LogP contribution in [0.5, 0.6) is 0 Å². The van der Waals surface area contributed by atoms with E-state index >= 15 is 0 Å². The summed E-state index contributed by atoms with van der Waals surface area (Å²) >= 11 is 0. The molecule has 12 aromatic rings. The third kappa shape index (κ3) is 4.48. The molecular weight excluding hydrogens is 739 g/mol. The first-order chi connectivity index (χ1) is 30.2. The normalized spacial score (nSPS) is 12.9. The zero-order valence-corrected chi connectivity index (χ0v) is 33.4. The predicted molar refractivity (Wildman–Crippen MR) is 258 cm³/mol. The lowest BCUT2D eigenvalue weighted by Crippen LogP contribution is -2.57. The number of furan rings is 1. The summed E-state index contributed by atoms with van der Waals surface area (Å²) in [6, 6.07) is 71.6. The fraction of sp³-hybridized carbons (Fsp3) is 0.0175.